The topological polar surface area (TPSA) is 101 Å². The minimum Gasteiger partial charge on any atom is -0.481 e. The predicted molar refractivity (Wildman–Crippen MR) is 103 cm³/mol. The van der Waals surface area contributed by atoms with Crippen LogP contribution in [0, 0.1) is 0 Å². The summed E-state index contributed by atoms with van der Waals surface area (Å²) in [6.45, 7) is 0.199. The molecule has 2 aromatic rings. The van der Waals surface area contributed by atoms with Gasteiger partial charge in [-0.05, 0) is 31.0 Å². The lowest BCUT2D eigenvalue weighted by Crippen LogP contribution is -2.25. The molecular weight excluding hydrogens is 390 g/mol. The molecular formula is C19H20ClNO5S. The van der Waals surface area contributed by atoms with E-state index in [4.69, 9.17) is 16.7 Å². The van der Waals surface area contributed by atoms with E-state index < -0.39 is 16.0 Å². The molecule has 0 atom stereocenters. The first-order valence-electron chi connectivity index (χ1n) is 8.42. The SMILES string of the molecule is O=C(O)CCCCCNS(=O)(=O)c1ccc(C(=O)c2ccccc2)c(Cl)c1. The first kappa shape index (κ1) is 21.1. The number of aliphatic carboxylic acids is 1. The van der Waals surface area contributed by atoms with E-state index in [0.29, 0.717) is 24.8 Å². The second-order valence-electron chi connectivity index (χ2n) is 5.94. The number of rotatable bonds is 10. The van der Waals surface area contributed by atoms with Crippen LogP contribution >= 0.6 is 11.6 Å². The third kappa shape index (κ3) is 6.16. The maximum absolute atomic E-state index is 12.5. The third-order valence-corrected chi connectivity index (χ3v) is 5.66. The van der Waals surface area contributed by atoms with Crippen molar-refractivity contribution in [3.63, 3.8) is 0 Å². The standard InChI is InChI=1S/C19H20ClNO5S/c20-17-13-15(27(25,26)21-12-6-2-5-9-18(22)23)10-11-16(17)19(24)14-7-3-1-4-8-14/h1,3-4,7-8,10-11,13,21H,2,5-6,9,12H2,(H,22,23). The number of hydrogen-bond acceptors (Lipinski definition) is 4. The number of carboxylic acids is 1. The monoisotopic (exact) mass is 409 g/mol. The summed E-state index contributed by atoms with van der Waals surface area (Å²) < 4.78 is 27.1. The molecule has 0 bridgehead atoms. The molecule has 0 heterocycles. The maximum atomic E-state index is 12.5. The van der Waals surface area contributed by atoms with Gasteiger partial charge in [-0.25, -0.2) is 13.1 Å². The molecule has 0 unspecified atom stereocenters. The van der Waals surface area contributed by atoms with Crippen LogP contribution in [0.3, 0.4) is 0 Å². The van der Waals surface area contributed by atoms with Crippen molar-refractivity contribution in [1.82, 2.24) is 4.72 Å². The fourth-order valence-electron chi connectivity index (χ4n) is 2.46. The van der Waals surface area contributed by atoms with Crippen molar-refractivity contribution in [2.24, 2.45) is 0 Å². The molecule has 0 aliphatic rings. The van der Waals surface area contributed by atoms with Crippen molar-refractivity contribution in [3.8, 4) is 0 Å². The van der Waals surface area contributed by atoms with E-state index in [2.05, 4.69) is 4.72 Å². The van der Waals surface area contributed by atoms with Crippen LogP contribution < -0.4 is 4.72 Å². The number of nitrogens with one attached hydrogen (secondary N) is 1. The molecule has 8 heteroatoms. The van der Waals surface area contributed by atoms with Gasteiger partial charge < -0.3 is 5.11 Å². The van der Waals surface area contributed by atoms with Crippen LogP contribution in [-0.2, 0) is 14.8 Å². The van der Waals surface area contributed by atoms with Crippen molar-refractivity contribution in [1.29, 1.82) is 0 Å². The Kier molecular flexibility index (Phi) is 7.53. The zero-order chi connectivity index (χ0) is 19.9. The Morgan fingerprint density at radius 2 is 1.70 bits per heavy atom. The molecule has 6 nitrogen and oxygen atoms in total. The van der Waals surface area contributed by atoms with E-state index in [0.717, 1.165) is 0 Å². The van der Waals surface area contributed by atoms with Crippen molar-refractivity contribution in [3.05, 3.63) is 64.7 Å². The van der Waals surface area contributed by atoms with E-state index >= 15 is 0 Å². The summed E-state index contributed by atoms with van der Waals surface area (Å²) in [6, 6.07) is 12.6. The first-order chi connectivity index (χ1) is 12.8. The molecule has 0 amide bonds. The lowest BCUT2D eigenvalue weighted by atomic mass is 10.0. The molecule has 0 fully saturated rings. The summed E-state index contributed by atoms with van der Waals surface area (Å²) in [5.41, 5.74) is 0.699. The molecule has 144 valence electrons. The van der Waals surface area contributed by atoms with Crippen molar-refractivity contribution >= 4 is 33.4 Å². The maximum Gasteiger partial charge on any atom is 0.303 e. The van der Waals surface area contributed by atoms with Gasteiger partial charge in [-0.2, -0.15) is 0 Å². The van der Waals surface area contributed by atoms with Gasteiger partial charge in [0, 0.05) is 24.1 Å². The van der Waals surface area contributed by atoms with Crippen molar-refractivity contribution in [2.45, 2.75) is 30.6 Å². The number of halogens is 1. The molecule has 0 radical (unpaired) electrons. The van der Waals surface area contributed by atoms with Crippen molar-refractivity contribution < 1.29 is 23.1 Å². The smallest absolute Gasteiger partial charge is 0.303 e. The zero-order valence-electron chi connectivity index (χ0n) is 14.5. The van der Waals surface area contributed by atoms with E-state index in [1.165, 1.54) is 18.2 Å². The van der Waals surface area contributed by atoms with Gasteiger partial charge in [0.25, 0.3) is 0 Å². The summed E-state index contributed by atoms with van der Waals surface area (Å²) in [4.78, 5) is 22.9. The molecule has 0 aliphatic heterocycles. The highest BCUT2D eigenvalue weighted by Crippen LogP contribution is 2.23. The van der Waals surface area contributed by atoms with Crippen LogP contribution in [0.2, 0.25) is 5.02 Å². The molecule has 2 rings (SSSR count). The summed E-state index contributed by atoms with van der Waals surface area (Å²) in [5, 5.41) is 8.62. The highest BCUT2D eigenvalue weighted by molar-refractivity contribution is 7.89. The van der Waals surface area contributed by atoms with Gasteiger partial charge in [0.2, 0.25) is 10.0 Å². The largest absolute Gasteiger partial charge is 0.481 e. The lowest BCUT2D eigenvalue weighted by Gasteiger charge is -2.09. The number of carbonyl (C=O) groups excluding carboxylic acids is 1. The quantitative estimate of drug-likeness (QED) is 0.462. The fraction of sp³-hybridized carbons (Fsp3) is 0.263. The molecule has 0 aromatic heterocycles. The van der Waals surface area contributed by atoms with Crippen LogP contribution in [0.4, 0.5) is 0 Å². The zero-order valence-corrected chi connectivity index (χ0v) is 16.1. The number of benzene rings is 2. The van der Waals surface area contributed by atoms with Gasteiger partial charge in [-0.3, -0.25) is 9.59 Å². The lowest BCUT2D eigenvalue weighted by molar-refractivity contribution is -0.137. The predicted octanol–water partition coefficient (Wildman–Crippen LogP) is 3.49. The van der Waals surface area contributed by atoms with Crippen LogP contribution in [-0.4, -0.2) is 31.8 Å². The molecule has 0 spiro atoms. The Hall–Kier alpha value is -2.22. The number of unbranched alkanes of at least 4 members (excludes halogenated alkanes) is 2. The summed E-state index contributed by atoms with van der Waals surface area (Å²) in [6.07, 6.45) is 1.71. The number of sulfonamides is 1. The van der Waals surface area contributed by atoms with Crippen LogP contribution in [0.15, 0.2) is 53.4 Å². The van der Waals surface area contributed by atoms with Gasteiger partial charge in [0.15, 0.2) is 5.78 Å². The van der Waals surface area contributed by atoms with E-state index in [9.17, 15) is 18.0 Å². The minimum absolute atomic E-state index is 0.0253. The second kappa shape index (κ2) is 9.64. The molecule has 27 heavy (non-hydrogen) atoms. The van der Waals surface area contributed by atoms with E-state index in [1.807, 2.05) is 0 Å². The summed E-state index contributed by atoms with van der Waals surface area (Å²) in [5.74, 6) is -1.15. The van der Waals surface area contributed by atoms with Crippen LogP contribution in [0.25, 0.3) is 0 Å². The molecule has 0 saturated carbocycles. The van der Waals surface area contributed by atoms with E-state index in [-0.39, 0.29) is 34.2 Å². The number of carbonyl (C=O) groups is 2. The third-order valence-electron chi connectivity index (χ3n) is 3.89. The van der Waals surface area contributed by atoms with Gasteiger partial charge >= 0.3 is 5.97 Å². The highest BCUT2D eigenvalue weighted by atomic mass is 35.5. The molecule has 0 saturated heterocycles. The Balaban J connectivity index is 2.01. The average Bonchev–Trinajstić information content (AvgIpc) is 2.64. The average molecular weight is 410 g/mol. The molecule has 2 aromatic carbocycles. The fourth-order valence-corrected chi connectivity index (χ4v) is 3.89. The Morgan fingerprint density at radius 3 is 2.33 bits per heavy atom. The van der Waals surface area contributed by atoms with Gasteiger partial charge in [0.05, 0.1) is 9.92 Å². The second-order valence-corrected chi connectivity index (χ2v) is 8.11. The van der Waals surface area contributed by atoms with Crippen LogP contribution in [0.1, 0.15) is 41.6 Å². The van der Waals surface area contributed by atoms with E-state index in [1.54, 1.807) is 30.3 Å². The van der Waals surface area contributed by atoms with Crippen LogP contribution in [0.5, 0.6) is 0 Å². The Morgan fingerprint density at radius 1 is 1.00 bits per heavy atom. The first-order valence-corrected chi connectivity index (χ1v) is 10.3. The minimum atomic E-state index is -3.76. The van der Waals surface area contributed by atoms with Gasteiger partial charge in [-0.15, -0.1) is 0 Å². The molecule has 2 N–H and O–H groups in total. The highest BCUT2D eigenvalue weighted by Gasteiger charge is 2.18. The number of carboxylic acid groups (broad SMARTS) is 1. The molecule has 0 aliphatic carbocycles. The Labute approximate surface area is 163 Å². The van der Waals surface area contributed by atoms with Gasteiger partial charge in [0.1, 0.15) is 0 Å². The summed E-state index contributed by atoms with van der Waals surface area (Å²) in [7, 11) is -3.76. The number of ketones is 1. The summed E-state index contributed by atoms with van der Waals surface area (Å²) >= 11 is 6.14. The Bertz CT molecular complexity index is 913. The number of hydrogen-bond donors (Lipinski definition) is 2. The van der Waals surface area contributed by atoms with Gasteiger partial charge in [-0.1, -0.05) is 48.4 Å². The van der Waals surface area contributed by atoms with Crippen molar-refractivity contribution in [2.75, 3.05) is 6.54 Å². The normalized spacial score (nSPS) is 11.3.